The molecule has 0 aliphatic carbocycles. The Morgan fingerprint density at radius 2 is 0.890 bits per heavy atom. The van der Waals surface area contributed by atoms with Crippen LogP contribution >= 0.6 is 11.6 Å². The van der Waals surface area contributed by atoms with Gasteiger partial charge < -0.3 is 39.6 Å². The van der Waals surface area contributed by atoms with Crippen LogP contribution in [-0.2, 0) is 24.6 Å². The zero-order valence-corrected chi connectivity index (χ0v) is 46.3. The first kappa shape index (κ1) is 58.3. The SMILES string of the molecule is COCCCOc1ccc(C)cc1COc1ccccc1C(=O)Nc1cccnc1.Cc1c(Cl)cccc1COc1ccccc1C(=O)Nc1cccnc1.O=C(Nc1cccnc1)c1ccccc1OCc1cccc2ccccc12. The van der Waals surface area contributed by atoms with E-state index in [4.69, 9.17) is 35.3 Å². The van der Waals surface area contributed by atoms with Crippen molar-refractivity contribution in [3.05, 3.63) is 275 Å². The van der Waals surface area contributed by atoms with Crippen molar-refractivity contribution < 1.29 is 38.1 Å². The van der Waals surface area contributed by atoms with Crippen LogP contribution in [0.3, 0.4) is 0 Å². The molecule has 0 unspecified atom stereocenters. The number of benzene rings is 7. The lowest BCUT2D eigenvalue weighted by molar-refractivity contribution is 0.101. The lowest BCUT2D eigenvalue weighted by atomic mass is 10.1. The Morgan fingerprint density at radius 3 is 1.40 bits per heavy atom. The van der Waals surface area contributed by atoms with E-state index in [0.717, 1.165) is 45.4 Å². The van der Waals surface area contributed by atoms with Gasteiger partial charge in [-0.1, -0.05) is 114 Å². The number of para-hydroxylation sites is 3. The summed E-state index contributed by atoms with van der Waals surface area (Å²) < 4.78 is 28.9. The highest BCUT2D eigenvalue weighted by molar-refractivity contribution is 6.31. The highest BCUT2D eigenvalue weighted by atomic mass is 35.5. The number of ether oxygens (including phenoxy) is 5. The van der Waals surface area contributed by atoms with Gasteiger partial charge in [0, 0.05) is 49.3 Å². The molecule has 0 aliphatic rings. The average Bonchev–Trinajstić information content (AvgIpc) is 3.57. The zero-order valence-electron chi connectivity index (χ0n) is 45.6. The summed E-state index contributed by atoms with van der Waals surface area (Å²) in [6.45, 7) is 6.20. The molecule has 0 spiro atoms. The number of hydrogen-bond acceptors (Lipinski definition) is 11. The summed E-state index contributed by atoms with van der Waals surface area (Å²) in [6, 6.07) is 58.2. The van der Waals surface area contributed by atoms with Gasteiger partial charge in [-0.2, -0.15) is 0 Å². The lowest BCUT2D eigenvalue weighted by Crippen LogP contribution is -2.14. The third kappa shape index (κ3) is 17.1. The van der Waals surface area contributed by atoms with Gasteiger partial charge in [-0.15, -0.1) is 0 Å². The second-order valence-corrected chi connectivity index (χ2v) is 18.8. The molecule has 0 radical (unpaired) electrons. The van der Waals surface area contributed by atoms with Gasteiger partial charge in [0.05, 0.1) is 58.9 Å². The molecule has 0 atom stereocenters. The van der Waals surface area contributed by atoms with Crippen molar-refractivity contribution in [1.29, 1.82) is 0 Å². The third-order valence-corrected chi connectivity index (χ3v) is 12.9. The highest BCUT2D eigenvalue weighted by Gasteiger charge is 2.17. The Labute approximate surface area is 482 Å². The molecule has 3 heterocycles. The van der Waals surface area contributed by atoms with E-state index >= 15 is 0 Å². The van der Waals surface area contributed by atoms with Crippen LogP contribution in [0.4, 0.5) is 17.1 Å². The van der Waals surface area contributed by atoms with Crippen molar-refractivity contribution >= 4 is 57.2 Å². The molecule has 3 N–H and O–H groups in total. The van der Waals surface area contributed by atoms with Gasteiger partial charge in [0.2, 0.25) is 0 Å². The number of nitrogens with one attached hydrogen (secondary N) is 3. The molecule has 3 aromatic heterocycles. The number of fused-ring (bicyclic) bond motifs is 1. The van der Waals surface area contributed by atoms with Crippen molar-refractivity contribution in [2.24, 2.45) is 0 Å². The number of amides is 3. The average molecular weight is 1110 g/mol. The van der Waals surface area contributed by atoms with Crippen LogP contribution in [0, 0.1) is 13.8 Å². The van der Waals surface area contributed by atoms with Crippen molar-refractivity contribution in [2.75, 3.05) is 36.3 Å². The third-order valence-electron chi connectivity index (χ3n) is 12.5. The van der Waals surface area contributed by atoms with Gasteiger partial charge in [0.1, 0.15) is 42.8 Å². The quantitative estimate of drug-likeness (QED) is 0.0620. The van der Waals surface area contributed by atoms with Gasteiger partial charge in [-0.25, -0.2) is 0 Å². The van der Waals surface area contributed by atoms with E-state index in [1.54, 1.807) is 117 Å². The molecule has 10 aromatic rings. The first-order chi connectivity index (χ1) is 40.1. The van der Waals surface area contributed by atoms with Crippen LogP contribution in [0.5, 0.6) is 23.0 Å². The maximum absolute atomic E-state index is 12.7. The van der Waals surface area contributed by atoms with Crippen molar-refractivity contribution in [3.8, 4) is 23.0 Å². The Hall–Kier alpha value is -9.89. The maximum atomic E-state index is 12.7. The summed E-state index contributed by atoms with van der Waals surface area (Å²) in [5.74, 6) is 1.62. The van der Waals surface area contributed by atoms with Crippen LogP contribution in [0.1, 0.15) is 65.3 Å². The van der Waals surface area contributed by atoms with E-state index in [1.807, 2.05) is 111 Å². The minimum atomic E-state index is -0.251. The molecule has 0 saturated heterocycles. The van der Waals surface area contributed by atoms with Crippen LogP contribution in [0.2, 0.25) is 5.02 Å². The molecule has 7 aromatic carbocycles. The molecular formula is C67H61ClN6O8. The van der Waals surface area contributed by atoms with E-state index in [1.165, 1.54) is 5.39 Å². The van der Waals surface area contributed by atoms with E-state index in [0.29, 0.717) is 89.1 Å². The zero-order chi connectivity index (χ0) is 57.3. The smallest absolute Gasteiger partial charge is 0.259 e. The maximum Gasteiger partial charge on any atom is 0.259 e. The van der Waals surface area contributed by atoms with E-state index < -0.39 is 0 Å². The summed E-state index contributed by atoms with van der Waals surface area (Å²) in [5, 5.41) is 11.5. The molecule has 82 heavy (non-hydrogen) atoms. The molecule has 0 fully saturated rings. The predicted octanol–water partition coefficient (Wildman–Crippen LogP) is 14.6. The molecular weight excluding hydrogens is 1050 g/mol. The van der Waals surface area contributed by atoms with Crippen molar-refractivity contribution in [1.82, 2.24) is 15.0 Å². The molecule has 414 valence electrons. The van der Waals surface area contributed by atoms with Crippen molar-refractivity contribution in [3.63, 3.8) is 0 Å². The highest BCUT2D eigenvalue weighted by Crippen LogP contribution is 2.28. The molecule has 3 amide bonds. The normalized spacial score (nSPS) is 10.4. The van der Waals surface area contributed by atoms with Gasteiger partial charge >= 0.3 is 0 Å². The number of halogens is 1. The molecule has 15 heteroatoms. The summed E-state index contributed by atoms with van der Waals surface area (Å²) in [6.07, 6.45) is 10.6. The van der Waals surface area contributed by atoms with E-state index in [-0.39, 0.29) is 17.7 Å². The van der Waals surface area contributed by atoms with Crippen LogP contribution in [0.25, 0.3) is 10.8 Å². The Morgan fingerprint density at radius 1 is 0.439 bits per heavy atom. The van der Waals surface area contributed by atoms with Gasteiger partial charge in [0.15, 0.2) is 0 Å². The summed E-state index contributed by atoms with van der Waals surface area (Å²) in [7, 11) is 1.67. The molecule has 0 bridgehead atoms. The fraction of sp³-hybridized carbons (Fsp3) is 0.134. The minimum Gasteiger partial charge on any atom is -0.493 e. The predicted molar refractivity (Wildman–Crippen MR) is 322 cm³/mol. The number of pyridine rings is 3. The standard InChI is InChI=1S/C24H26N2O4.C23H18N2O2.C20H17ClN2O2/c1-18-10-11-22(29-14-6-13-28-2)19(15-18)17-30-23-9-4-3-8-21(23)24(27)26-20-7-5-12-25-16-20;26-23(25-19-10-6-14-24-15-19)21-12-3-4-13-22(21)27-16-18-9-5-8-17-7-1-2-11-20(17)18;1-14-15(6-4-9-18(14)21)13-25-19-10-3-2-8-17(19)20(24)23-16-7-5-11-22-12-16/h3-5,7-12,15-16H,6,13-14,17H2,1-2H3,(H,26,27);1-15H,16H2,(H,25,26);2-12H,13H2,1H3,(H,23,24). The number of methoxy groups -OCH3 is 1. The number of aryl methyl sites for hydroxylation is 1. The van der Waals surface area contributed by atoms with E-state index in [9.17, 15) is 14.4 Å². The largest absolute Gasteiger partial charge is 0.493 e. The number of carbonyl (C=O) groups excluding carboxylic acids is 3. The van der Waals surface area contributed by atoms with Crippen LogP contribution < -0.4 is 34.9 Å². The molecule has 10 rings (SSSR count). The number of anilines is 3. The van der Waals surface area contributed by atoms with E-state index in [2.05, 4.69) is 49.1 Å². The van der Waals surface area contributed by atoms with Crippen LogP contribution in [-0.4, -0.2) is 53.0 Å². The number of hydrogen-bond donors (Lipinski definition) is 3. The van der Waals surface area contributed by atoms with Crippen LogP contribution in [0.15, 0.2) is 225 Å². The first-order valence-corrected chi connectivity index (χ1v) is 26.7. The Balaban J connectivity index is 0.000000162. The topological polar surface area (TPSA) is 172 Å². The fourth-order valence-corrected chi connectivity index (χ4v) is 8.48. The Bertz CT molecular complexity index is 3680. The van der Waals surface area contributed by atoms with Crippen molar-refractivity contribution in [2.45, 2.75) is 40.1 Å². The Kier molecular flexibility index (Phi) is 21.6. The van der Waals surface area contributed by atoms with Gasteiger partial charge in [-0.05, 0) is 132 Å². The molecule has 14 nitrogen and oxygen atoms in total. The number of aromatic nitrogens is 3. The lowest BCUT2D eigenvalue weighted by Gasteiger charge is -2.15. The fourth-order valence-electron chi connectivity index (χ4n) is 8.29. The molecule has 0 saturated carbocycles. The monoisotopic (exact) mass is 1110 g/mol. The summed E-state index contributed by atoms with van der Waals surface area (Å²) >= 11 is 6.14. The summed E-state index contributed by atoms with van der Waals surface area (Å²) in [4.78, 5) is 49.9. The minimum absolute atomic E-state index is 0.225. The number of carbonyl (C=O) groups is 3. The first-order valence-electron chi connectivity index (χ1n) is 26.3. The summed E-state index contributed by atoms with van der Waals surface area (Å²) in [5.41, 5.74) is 8.38. The number of rotatable bonds is 20. The number of nitrogens with zero attached hydrogens (tertiary/aromatic N) is 3. The van der Waals surface area contributed by atoms with Gasteiger partial charge in [-0.3, -0.25) is 29.3 Å². The van der Waals surface area contributed by atoms with Gasteiger partial charge in [0.25, 0.3) is 17.7 Å². The second kappa shape index (κ2) is 30.5. The second-order valence-electron chi connectivity index (χ2n) is 18.4. The molecule has 0 aliphatic heterocycles.